The third-order valence-corrected chi connectivity index (χ3v) is 1.99. The van der Waals surface area contributed by atoms with Crippen molar-refractivity contribution in [3.05, 3.63) is 0 Å². The van der Waals surface area contributed by atoms with Gasteiger partial charge < -0.3 is 15.2 Å². The SMILES string of the molecule is CCCCNC1COCC1O. The first-order chi connectivity index (χ1) is 5.34. The number of unbranched alkanes of at least 4 members (excludes halogenated alkanes) is 1. The molecule has 1 rings (SSSR count). The van der Waals surface area contributed by atoms with Crippen molar-refractivity contribution < 1.29 is 9.84 Å². The number of ether oxygens (including phenoxy) is 1. The fourth-order valence-corrected chi connectivity index (χ4v) is 1.20. The van der Waals surface area contributed by atoms with Gasteiger partial charge in [-0.25, -0.2) is 0 Å². The zero-order chi connectivity index (χ0) is 8.10. The van der Waals surface area contributed by atoms with E-state index in [9.17, 15) is 5.11 Å². The zero-order valence-electron chi connectivity index (χ0n) is 7.05. The molecule has 1 saturated heterocycles. The minimum absolute atomic E-state index is 0.168. The molecule has 0 bridgehead atoms. The summed E-state index contributed by atoms with van der Waals surface area (Å²) < 4.78 is 5.09. The standard InChI is InChI=1S/C8H17NO2/c1-2-3-4-9-7-5-11-6-8(7)10/h7-10H,2-6H2,1H3. The molecule has 3 nitrogen and oxygen atoms in total. The number of rotatable bonds is 4. The number of nitrogens with one attached hydrogen (secondary N) is 1. The highest BCUT2D eigenvalue weighted by Gasteiger charge is 2.24. The second kappa shape index (κ2) is 4.70. The van der Waals surface area contributed by atoms with Crippen LogP contribution in [0.15, 0.2) is 0 Å². The smallest absolute Gasteiger partial charge is 0.0948 e. The molecule has 1 aliphatic rings. The quantitative estimate of drug-likeness (QED) is 0.573. The van der Waals surface area contributed by atoms with Crippen LogP contribution in [-0.2, 0) is 4.74 Å². The van der Waals surface area contributed by atoms with Gasteiger partial charge in [0.2, 0.25) is 0 Å². The largest absolute Gasteiger partial charge is 0.389 e. The van der Waals surface area contributed by atoms with Crippen LogP contribution in [0.2, 0.25) is 0 Å². The highest BCUT2D eigenvalue weighted by atomic mass is 16.5. The molecule has 66 valence electrons. The number of aliphatic hydroxyl groups excluding tert-OH is 1. The Morgan fingerprint density at radius 2 is 2.36 bits per heavy atom. The van der Waals surface area contributed by atoms with Gasteiger partial charge in [-0.1, -0.05) is 13.3 Å². The highest BCUT2D eigenvalue weighted by Crippen LogP contribution is 2.04. The molecule has 0 aromatic heterocycles. The summed E-state index contributed by atoms with van der Waals surface area (Å²) >= 11 is 0. The van der Waals surface area contributed by atoms with Crippen molar-refractivity contribution in [3.8, 4) is 0 Å². The van der Waals surface area contributed by atoms with Crippen LogP contribution in [0, 0.1) is 0 Å². The Morgan fingerprint density at radius 1 is 1.55 bits per heavy atom. The highest BCUT2D eigenvalue weighted by molar-refractivity contribution is 4.80. The third-order valence-electron chi connectivity index (χ3n) is 1.99. The maximum Gasteiger partial charge on any atom is 0.0948 e. The van der Waals surface area contributed by atoms with Crippen LogP contribution in [0.25, 0.3) is 0 Å². The van der Waals surface area contributed by atoms with Gasteiger partial charge in [-0.2, -0.15) is 0 Å². The molecule has 0 saturated carbocycles. The predicted octanol–water partition coefficient (Wildman–Crippen LogP) is 0.136. The average molecular weight is 159 g/mol. The van der Waals surface area contributed by atoms with Gasteiger partial charge in [0.1, 0.15) is 0 Å². The van der Waals surface area contributed by atoms with Crippen LogP contribution in [0.4, 0.5) is 0 Å². The topological polar surface area (TPSA) is 41.5 Å². The molecule has 0 radical (unpaired) electrons. The van der Waals surface area contributed by atoms with E-state index in [1.54, 1.807) is 0 Å². The molecule has 0 aliphatic carbocycles. The summed E-state index contributed by atoms with van der Waals surface area (Å²) in [5.41, 5.74) is 0. The van der Waals surface area contributed by atoms with Crippen LogP contribution < -0.4 is 5.32 Å². The van der Waals surface area contributed by atoms with Crippen molar-refractivity contribution in [2.45, 2.75) is 31.9 Å². The summed E-state index contributed by atoms with van der Waals surface area (Å²) in [7, 11) is 0. The summed E-state index contributed by atoms with van der Waals surface area (Å²) in [5.74, 6) is 0. The Bertz CT molecular complexity index is 108. The molecule has 2 atom stereocenters. The fourth-order valence-electron chi connectivity index (χ4n) is 1.20. The summed E-state index contributed by atoms with van der Waals surface area (Å²) in [6.45, 7) is 4.29. The van der Waals surface area contributed by atoms with Crippen LogP contribution in [0.5, 0.6) is 0 Å². The molecule has 0 spiro atoms. The zero-order valence-corrected chi connectivity index (χ0v) is 7.05. The van der Waals surface area contributed by atoms with Crippen LogP contribution in [0.3, 0.4) is 0 Å². The molecule has 0 amide bonds. The molecule has 0 aromatic carbocycles. The molecule has 2 N–H and O–H groups in total. The van der Waals surface area contributed by atoms with E-state index in [-0.39, 0.29) is 12.1 Å². The second-order valence-electron chi connectivity index (χ2n) is 3.02. The van der Waals surface area contributed by atoms with E-state index < -0.39 is 0 Å². The maximum atomic E-state index is 9.30. The van der Waals surface area contributed by atoms with Gasteiger partial charge in [-0.05, 0) is 13.0 Å². The predicted molar refractivity (Wildman–Crippen MR) is 43.5 cm³/mol. The summed E-state index contributed by atoms with van der Waals surface area (Å²) in [4.78, 5) is 0. The molecule has 1 aliphatic heterocycles. The van der Waals surface area contributed by atoms with E-state index in [0.717, 1.165) is 6.54 Å². The Balaban J connectivity index is 2.05. The number of hydrogen-bond acceptors (Lipinski definition) is 3. The van der Waals surface area contributed by atoms with Gasteiger partial charge >= 0.3 is 0 Å². The van der Waals surface area contributed by atoms with Gasteiger partial charge in [0, 0.05) is 0 Å². The Hall–Kier alpha value is -0.120. The molecule has 3 heteroatoms. The van der Waals surface area contributed by atoms with E-state index in [2.05, 4.69) is 12.2 Å². The fraction of sp³-hybridized carbons (Fsp3) is 1.00. The summed E-state index contributed by atoms with van der Waals surface area (Å²) in [6.07, 6.45) is 2.06. The third kappa shape index (κ3) is 2.77. The van der Waals surface area contributed by atoms with E-state index in [4.69, 9.17) is 4.74 Å². The lowest BCUT2D eigenvalue weighted by atomic mass is 10.2. The first-order valence-corrected chi connectivity index (χ1v) is 4.33. The van der Waals surface area contributed by atoms with Crippen molar-refractivity contribution >= 4 is 0 Å². The Morgan fingerprint density at radius 3 is 2.91 bits per heavy atom. The normalized spacial score (nSPS) is 31.1. The molecule has 1 heterocycles. The van der Waals surface area contributed by atoms with Crippen LogP contribution in [0.1, 0.15) is 19.8 Å². The van der Waals surface area contributed by atoms with Crippen molar-refractivity contribution in [2.75, 3.05) is 19.8 Å². The summed E-state index contributed by atoms with van der Waals surface area (Å²) in [6, 6.07) is 0.168. The first kappa shape index (κ1) is 8.97. The van der Waals surface area contributed by atoms with Crippen molar-refractivity contribution in [1.29, 1.82) is 0 Å². The molecule has 2 unspecified atom stereocenters. The molecular formula is C8H17NO2. The number of hydrogen-bond donors (Lipinski definition) is 2. The first-order valence-electron chi connectivity index (χ1n) is 4.33. The Kier molecular flexibility index (Phi) is 3.83. The second-order valence-corrected chi connectivity index (χ2v) is 3.02. The van der Waals surface area contributed by atoms with E-state index in [1.165, 1.54) is 12.8 Å². The molecule has 1 fully saturated rings. The molecule has 11 heavy (non-hydrogen) atoms. The van der Waals surface area contributed by atoms with Gasteiger partial charge in [0.25, 0.3) is 0 Å². The lowest BCUT2D eigenvalue weighted by Crippen LogP contribution is -2.39. The van der Waals surface area contributed by atoms with E-state index in [0.29, 0.717) is 13.2 Å². The lowest BCUT2D eigenvalue weighted by Gasteiger charge is -2.13. The van der Waals surface area contributed by atoms with Gasteiger partial charge in [0.15, 0.2) is 0 Å². The van der Waals surface area contributed by atoms with Gasteiger partial charge in [-0.15, -0.1) is 0 Å². The van der Waals surface area contributed by atoms with Gasteiger partial charge in [0.05, 0.1) is 25.4 Å². The molecule has 0 aromatic rings. The Labute approximate surface area is 67.7 Å². The van der Waals surface area contributed by atoms with Crippen LogP contribution in [-0.4, -0.2) is 37.0 Å². The lowest BCUT2D eigenvalue weighted by molar-refractivity contribution is 0.122. The molecular weight excluding hydrogens is 142 g/mol. The monoisotopic (exact) mass is 159 g/mol. The average Bonchev–Trinajstić information content (AvgIpc) is 2.37. The minimum atomic E-state index is -0.299. The summed E-state index contributed by atoms with van der Waals surface area (Å²) in [5, 5.41) is 12.6. The number of aliphatic hydroxyl groups is 1. The van der Waals surface area contributed by atoms with Crippen LogP contribution >= 0.6 is 0 Å². The van der Waals surface area contributed by atoms with Crippen molar-refractivity contribution in [3.63, 3.8) is 0 Å². The maximum absolute atomic E-state index is 9.30. The van der Waals surface area contributed by atoms with Crippen molar-refractivity contribution in [2.24, 2.45) is 0 Å². The van der Waals surface area contributed by atoms with E-state index in [1.807, 2.05) is 0 Å². The van der Waals surface area contributed by atoms with E-state index >= 15 is 0 Å². The minimum Gasteiger partial charge on any atom is -0.389 e. The van der Waals surface area contributed by atoms with Gasteiger partial charge in [-0.3, -0.25) is 0 Å². The van der Waals surface area contributed by atoms with Crippen molar-refractivity contribution in [1.82, 2.24) is 5.32 Å².